The largest absolute Gasteiger partial charge is 0.506 e. The Morgan fingerprint density at radius 3 is 2.44 bits per heavy atom. The van der Waals surface area contributed by atoms with Gasteiger partial charge in [-0.3, -0.25) is 14.5 Å². The van der Waals surface area contributed by atoms with Crippen molar-refractivity contribution in [3.63, 3.8) is 0 Å². The first-order chi connectivity index (χ1) is 17.1. The number of H-pyrrole nitrogens is 1. The highest BCUT2D eigenvalue weighted by Gasteiger charge is 2.21. The predicted molar refractivity (Wildman–Crippen MR) is 141 cm³/mol. The normalized spacial score (nSPS) is 15.7. The maximum Gasteiger partial charge on any atom is 0.307 e. The van der Waals surface area contributed by atoms with Crippen LogP contribution in [0.25, 0.3) is 0 Å². The van der Waals surface area contributed by atoms with Gasteiger partial charge in [0.05, 0.1) is 22.9 Å². The molecule has 0 amide bonds. The number of nitrogens with one attached hydrogen (secondary N) is 3. The van der Waals surface area contributed by atoms with Crippen LogP contribution in [0.1, 0.15) is 34.9 Å². The van der Waals surface area contributed by atoms with Crippen molar-refractivity contribution in [2.45, 2.75) is 31.4 Å². The minimum Gasteiger partial charge on any atom is -0.506 e. The molecular weight excluding hydrogens is 504 g/mol. The van der Waals surface area contributed by atoms with Gasteiger partial charge in [-0.25, -0.2) is 8.42 Å². The number of aliphatic hydroxyl groups is 1. The summed E-state index contributed by atoms with van der Waals surface area (Å²) in [5, 5.41) is 33.6. The standard InChI is InChI=1S/C24H30N4O6S2/c1-36(33,34)27-19-13-16(4-7-20(19)29)21(30)14-25-17-8-10-28(11-9-17)18-5-2-15(3-6-18)12-22-23(31)26-24(32)35-22/h2-7,13,17,21,25,27,29-31H,8-12,14H2,1H3,(H,26,32)/t21-/m0/s1. The quantitative estimate of drug-likeness (QED) is 0.228. The fourth-order valence-corrected chi connectivity index (χ4v) is 5.58. The van der Waals surface area contributed by atoms with Gasteiger partial charge in [0.2, 0.25) is 15.9 Å². The summed E-state index contributed by atoms with van der Waals surface area (Å²) in [6, 6.07) is 12.7. The van der Waals surface area contributed by atoms with Gasteiger partial charge < -0.3 is 25.5 Å². The molecule has 0 saturated carbocycles. The van der Waals surface area contributed by atoms with Crippen LogP contribution in [-0.4, -0.2) is 60.7 Å². The second-order valence-electron chi connectivity index (χ2n) is 8.97. The van der Waals surface area contributed by atoms with Crippen molar-refractivity contribution in [2.24, 2.45) is 0 Å². The number of phenols is 1. The first-order valence-electron chi connectivity index (χ1n) is 11.5. The molecule has 2 heterocycles. The van der Waals surface area contributed by atoms with Gasteiger partial charge in [0.15, 0.2) is 0 Å². The summed E-state index contributed by atoms with van der Waals surface area (Å²) in [6.45, 7) is 2.02. The Hall–Kier alpha value is -3.06. The number of aliphatic hydroxyl groups excluding tert-OH is 1. The molecule has 0 unspecified atom stereocenters. The molecule has 3 aromatic rings. The molecule has 4 rings (SSSR count). The van der Waals surface area contributed by atoms with E-state index < -0.39 is 16.1 Å². The molecule has 1 fully saturated rings. The van der Waals surface area contributed by atoms with E-state index in [1.807, 2.05) is 24.3 Å². The van der Waals surface area contributed by atoms with E-state index in [1.54, 1.807) is 6.07 Å². The molecule has 1 aromatic heterocycles. The highest BCUT2D eigenvalue weighted by atomic mass is 32.2. The first-order valence-corrected chi connectivity index (χ1v) is 14.2. The Kier molecular flexibility index (Phi) is 7.88. The maximum atomic E-state index is 11.5. The number of sulfonamides is 1. The minimum atomic E-state index is -3.55. The van der Waals surface area contributed by atoms with Gasteiger partial charge in [0.25, 0.3) is 0 Å². The number of aromatic nitrogens is 1. The molecule has 1 atom stereocenters. The zero-order chi connectivity index (χ0) is 25.9. The van der Waals surface area contributed by atoms with Crippen LogP contribution in [0.3, 0.4) is 0 Å². The smallest absolute Gasteiger partial charge is 0.307 e. The topological polar surface area (TPSA) is 155 Å². The molecule has 1 saturated heterocycles. The number of anilines is 2. The molecule has 1 aliphatic rings. The highest BCUT2D eigenvalue weighted by Crippen LogP contribution is 2.28. The van der Waals surface area contributed by atoms with Crippen LogP contribution >= 0.6 is 11.3 Å². The summed E-state index contributed by atoms with van der Waals surface area (Å²) in [6.07, 6.45) is 2.44. The third kappa shape index (κ3) is 6.78. The van der Waals surface area contributed by atoms with Crippen LogP contribution in [0.2, 0.25) is 0 Å². The Labute approximate surface area is 213 Å². The Morgan fingerprint density at radius 2 is 1.83 bits per heavy atom. The lowest BCUT2D eigenvalue weighted by atomic mass is 10.0. The summed E-state index contributed by atoms with van der Waals surface area (Å²) >= 11 is 1.02. The number of aromatic amines is 1. The van der Waals surface area contributed by atoms with Gasteiger partial charge in [-0.05, 0) is 48.2 Å². The van der Waals surface area contributed by atoms with E-state index in [9.17, 15) is 28.5 Å². The average Bonchev–Trinajstić information content (AvgIpc) is 3.15. The van der Waals surface area contributed by atoms with E-state index in [4.69, 9.17) is 0 Å². The van der Waals surface area contributed by atoms with Crippen LogP contribution in [0.15, 0.2) is 47.3 Å². The SMILES string of the molecule is CS(=O)(=O)Nc1cc([C@@H](O)CNC2CCN(c3ccc(Cc4sc(=O)[nH]c4O)cc3)CC2)ccc1O. The highest BCUT2D eigenvalue weighted by molar-refractivity contribution is 7.92. The molecule has 10 nitrogen and oxygen atoms in total. The molecule has 2 aromatic carbocycles. The van der Waals surface area contributed by atoms with Crippen molar-refractivity contribution in [1.82, 2.24) is 10.3 Å². The second kappa shape index (κ2) is 10.9. The fourth-order valence-electron chi connectivity index (χ4n) is 4.26. The summed E-state index contributed by atoms with van der Waals surface area (Å²) in [4.78, 5) is 16.4. The van der Waals surface area contributed by atoms with Crippen molar-refractivity contribution >= 4 is 32.7 Å². The zero-order valence-electron chi connectivity index (χ0n) is 19.8. The van der Waals surface area contributed by atoms with E-state index in [2.05, 4.69) is 19.9 Å². The van der Waals surface area contributed by atoms with Crippen molar-refractivity contribution < 1.29 is 23.7 Å². The Balaban J connectivity index is 1.26. The van der Waals surface area contributed by atoms with E-state index in [0.717, 1.165) is 54.8 Å². The van der Waals surface area contributed by atoms with Crippen LogP contribution < -0.4 is 19.8 Å². The minimum absolute atomic E-state index is 0.0362. The zero-order valence-corrected chi connectivity index (χ0v) is 21.4. The third-order valence-corrected chi connectivity index (χ3v) is 7.62. The average molecular weight is 535 g/mol. The van der Waals surface area contributed by atoms with Crippen molar-refractivity contribution in [3.05, 3.63) is 68.1 Å². The molecule has 1 aliphatic heterocycles. The van der Waals surface area contributed by atoms with Gasteiger partial charge in [0.1, 0.15) is 5.75 Å². The molecule has 6 N–H and O–H groups in total. The number of piperidine rings is 1. The molecule has 36 heavy (non-hydrogen) atoms. The van der Waals surface area contributed by atoms with Gasteiger partial charge in [-0.2, -0.15) is 0 Å². The molecule has 0 aliphatic carbocycles. The van der Waals surface area contributed by atoms with Crippen LogP contribution in [0, 0.1) is 0 Å². The van der Waals surface area contributed by atoms with Crippen molar-refractivity contribution in [1.29, 1.82) is 0 Å². The number of benzene rings is 2. The van der Waals surface area contributed by atoms with Crippen LogP contribution in [-0.2, 0) is 16.4 Å². The number of hydrogen-bond acceptors (Lipinski definition) is 9. The van der Waals surface area contributed by atoms with E-state index in [1.165, 1.54) is 12.1 Å². The lowest BCUT2D eigenvalue weighted by Crippen LogP contribution is -2.43. The number of aromatic hydroxyl groups is 2. The van der Waals surface area contributed by atoms with Crippen molar-refractivity contribution in [2.75, 3.05) is 35.5 Å². The molecule has 12 heteroatoms. The lowest BCUT2D eigenvalue weighted by molar-refractivity contribution is 0.167. The Morgan fingerprint density at radius 1 is 1.14 bits per heavy atom. The van der Waals surface area contributed by atoms with E-state index in [-0.39, 0.29) is 28.2 Å². The number of hydrogen-bond donors (Lipinski definition) is 6. The molecule has 194 valence electrons. The van der Waals surface area contributed by atoms with Gasteiger partial charge in [0, 0.05) is 37.8 Å². The van der Waals surface area contributed by atoms with E-state index >= 15 is 0 Å². The van der Waals surface area contributed by atoms with Crippen molar-refractivity contribution in [3.8, 4) is 11.6 Å². The molecule has 0 radical (unpaired) electrons. The molecular formula is C24H30N4O6S2. The maximum absolute atomic E-state index is 11.5. The first kappa shape index (κ1) is 26.0. The van der Waals surface area contributed by atoms with Crippen LogP contribution in [0.4, 0.5) is 11.4 Å². The monoisotopic (exact) mass is 534 g/mol. The van der Waals surface area contributed by atoms with Gasteiger partial charge in [-0.1, -0.05) is 29.5 Å². The molecule has 0 spiro atoms. The summed E-state index contributed by atoms with van der Waals surface area (Å²) in [5.74, 6) is -0.269. The summed E-state index contributed by atoms with van der Waals surface area (Å²) in [5.41, 5.74) is 2.66. The van der Waals surface area contributed by atoms with Gasteiger partial charge >= 0.3 is 4.87 Å². The van der Waals surface area contributed by atoms with Gasteiger partial charge in [-0.15, -0.1) is 0 Å². The van der Waals surface area contributed by atoms with E-state index in [0.29, 0.717) is 23.4 Å². The fraction of sp³-hybridized carbons (Fsp3) is 0.375. The van der Waals surface area contributed by atoms with Crippen LogP contribution in [0.5, 0.6) is 11.6 Å². The number of rotatable bonds is 9. The molecule has 0 bridgehead atoms. The number of phenolic OH excluding ortho intramolecular Hbond substituents is 1. The Bertz CT molecular complexity index is 1350. The number of nitrogens with zero attached hydrogens (tertiary/aromatic N) is 1. The summed E-state index contributed by atoms with van der Waals surface area (Å²) in [7, 11) is -3.55. The third-order valence-electron chi connectivity index (χ3n) is 6.16. The predicted octanol–water partition coefficient (Wildman–Crippen LogP) is 2.10. The summed E-state index contributed by atoms with van der Waals surface area (Å²) < 4.78 is 25.2. The second-order valence-corrected chi connectivity index (χ2v) is 11.8. The lowest BCUT2D eigenvalue weighted by Gasteiger charge is -2.34. The number of thiazole rings is 1.